The van der Waals surface area contributed by atoms with Crippen LogP contribution in [0.2, 0.25) is 0 Å². The van der Waals surface area contributed by atoms with E-state index in [0.717, 1.165) is 40.1 Å². The first-order valence-corrected chi connectivity index (χ1v) is 14.1. The summed E-state index contributed by atoms with van der Waals surface area (Å²) in [4.78, 5) is 21.8. The zero-order valence-corrected chi connectivity index (χ0v) is 22.8. The van der Waals surface area contributed by atoms with Gasteiger partial charge in [0, 0.05) is 18.2 Å². The lowest BCUT2D eigenvalue weighted by Crippen LogP contribution is -2.34. The van der Waals surface area contributed by atoms with Crippen molar-refractivity contribution in [3.63, 3.8) is 0 Å². The van der Waals surface area contributed by atoms with Crippen molar-refractivity contribution in [3.05, 3.63) is 77.1 Å². The summed E-state index contributed by atoms with van der Waals surface area (Å²) in [6.07, 6.45) is -4.95. The highest BCUT2D eigenvalue weighted by atomic mass is 32.2. The van der Waals surface area contributed by atoms with Gasteiger partial charge in [-0.25, -0.2) is 18.1 Å². The largest absolute Gasteiger partial charge is 0.491 e. The van der Waals surface area contributed by atoms with Crippen molar-refractivity contribution < 1.29 is 31.1 Å². The fourth-order valence-corrected chi connectivity index (χ4v) is 6.00. The Hall–Kier alpha value is -3.90. The first kappa shape index (κ1) is 27.7. The molecule has 4 aromatic rings. The number of hydrogen-bond donors (Lipinski definition) is 2. The zero-order chi connectivity index (χ0) is 28.8. The number of aromatic amines is 1. The number of aromatic nitrogens is 2. The maximum atomic E-state index is 14.1. The highest BCUT2D eigenvalue weighted by molar-refractivity contribution is 7.89. The van der Waals surface area contributed by atoms with Gasteiger partial charge in [-0.3, -0.25) is 4.79 Å². The number of benzene rings is 3. The average molecular weight is 573 g/mol. The van der Waals surface area contributed by atoms with Gasteiger partial charge in [0.2, 0.25) is 10.0 Å². The van der Waals surface area contributed by atoms with E-state index >= 15 is 0 Å². The minimum absolute atomic E-state index is 0.0136. The Kier molecular flexibility index (Phi) is 7.09. The number of aryl methyl sites for hydroxylation is 1. The van der Waals surface area contributed by atoms with Gasteiger partial charge in [0.1, 0.15) is 18.2 Å². The summed E-state index contributed by atoms with van der Waals surface area (Å²) in [5, 5.41) is 0. The highest BCUT2D eigenvalue weighted by Crippen LogP contribution is 2.36. The van der Waals surface area contributed by atoms with Crippen LogP contribution in [0.4, 0.5) is 13.2 Å². The van der Waals surface area contributed by atoms with Crippen molar-refractivity contribution in [2.45, 2.75) is 44.4 Å². The van der Waals surface area contributed by atoms with Gasteiger partial charge in [-0.05, 0) is 74.4 Å². The molecule has 0 radical (unpaired) electrons. The Balaban J connectivity index is 1.48. The van der Waals surface area contributed by atoms with Crippen molar-refractivity contribution in [3.8, 4) is 16.9 Å². The van der Waals surface area contributed by atoms with Crippen LogP contribution in [-0.4, -0.2) is 48.4 Å². The fraction of sp³-hybridized carbons (Fsp3) is 0.286. The van der Waals surface area contributed by atoms with Crippen LogP contribution in [0.3, 0.4) is 0 Å². The van der Waals surface area contributed by atoms with Crippen molar-refractivity contribution in [1.82, 2.24) is 19.6 Å². The number of alkyl halides is 3. The highest BCUT2D eigenvalue weighted by Gasteiger charge is 2.38. The summed E-state index contributed by atoms with van der Waals surface area (Å²) in [6.45, 7) is 5.13. The molecule has 0 atom stereocenters. The number of nitrogens with one attached hydrogen (secondary N) is 2. The predicted molar refractivity (Wildman–Crippen MR) is 143 cm³/mol. The van der Waals surface area contributed by atoms with Crippen molar-refractivity contribution in [2.75, 3.05) is 13.2 Å². The molecule has 0 saturated carbocycles. The molecule has 1 aliphatic heterocycles. The van der Waals surface area contributed by atoms with E-state index in [2.05, 4.69) is 14.7 Å². The number of H-pyrrole nitrogens is 1. The summed E-state index contributed by atoms with van der Waals surface area (Å²) in [5.41, 5.74) is 2.13. The monoisotopic (exact) mass is 572 g/mol. The van der Waals surface area contributed by atoms with Gasteiger partial charge < -0.3 is 14.6 Å². The maximum absolute atomic E-state index is 14.1. The second-order valence-corrected chi connectivity index (χ2v) is 11.6. The maximum Gasteiger partial charge on any atom is 0.417 e. The third-order valence-electron chi connectivity index (χ3n) is 6.49. The molecule has 210 valence electrons. The lowest BCUT2D eigenvalue weighted by molar-refractivity contribution is -0.138. The van der Waals surface area contributed by atoms with Crippen LogP contribution in [0, 0.1) is 6.92 Å². The van der Waals surface area contributed by atoms with Gasteiger partial charge >= 0.3 is 6.18 Å². The lowest BCUT2D eigenvalue weighted by atomic mass is 10.0. The minimum Gasteiger partial charge on any atom is -0.491 e. The molecule has 0 bridgehead atoms. The minimum atomic E-state index is -4.95. The molecule has 2 heterocycles. The van der Waals surface area contributed by atoms with E-state index in [0.29, 0.717) is 17.4 Å². The van der Waals surface area contributed by atoms with E-state index in [1.165, 1.54) is 4.90 Å². The molecule has 3 aromatic carbocycles. The van der Waals surface area contributed by atoms with Crippen molar-refractivity contribution in [2.24, 2.45) is 0 Å². The van der Waals surface area contributed by atoms with E-state index in [4.69, 9.17) is 4.74 Å². The Morgan fingerprint density at radius 2 is 1.80 bits per heavy atom. The summed E-state index contributed by atoms with van der Waals surface area (Å²) >= 11 is 0. The van der Waals surface area contributed by atoms with E-state index in [1.54, 1.807) is 19.9 Å². The third-order valence-corrected chi connectivity index (χ3v) is 8.15. The van der Waals surface area contributed by atoms with Crippen molar-refractivity contribution in [1.29, 1.82) is 0 Å². The molecule has 0 spiro atoms. The molecular weight excluding hydrogens is 545 g/mol. The number of ether oxygens (including phenoxy) is 1. The molecule has 1 aromatic heterocycles. The second-order valence-electron chi connectivity index (χ2n) is 9.93. The van der Waals surface area contributed by atoms with E-state index in [9.17, 15) is 26.4 Å². The molecule has 12 heteroatoms. The lowest BCUT2D eigenvalue weighted by Gasteiger charge is -2.23. The molecule has 0 unspecified atom stereocenters. The molecule has 8 nitrogen and oxygen atoms in total. The van der Waals surface area contributed by atoms with Crippen LogP contribution in [0.25, 0.3) is 22.2 Å². The fourth-order valence-electron chi connectivity index (χ4n) is 4.72. The number of amides is 1. The summed E-state index contributed by atoms with van der Waals surface area (Å²) in [5.74, 6) is 0.454. The van der Waals surface area contributed by atoms with Crippen LogP contribution >= 0.6 is 0 Å². The number of halogens is 3. The van der Waals surface area contributed by atoms with Gasteiger partial charge in [0.15, 0.2) is 0 Å². The number of hydrogen-bond acceptors (Lipinski definition) is 5. The zero-order valence-electron chi connectivity index (χ0n) is 22.0. The molecule has 1 aliphatic rings. The SMILES string of the molecule is Cc1nc2ccc(-c3ccc4c(c3)CN(C(=O)c3ccc(S(=O)(=O)NC(C)C)cc3C(F)(F)F)CCO4)cc2[nH]1. The molecule has 40 heavy (non-hydrogen) atoms. The van der Waals surface area contributed by atoms with Gasteiger partial charge in [0.25, 0.3) is 5.91 Å². The van der Waals surface area contributed by atoms with Crippen LogP contribution in [-0.2, 0) is 22.7 Å². The number of carbonyl (C=O) groups excluding carboxylic acids is 1. The van der Waals surface area contributed by atoms with Gasteiger partial charge in [0.05, 0.1) is 33.6 Å². The second kappa shape index (κ2) is 10.3. The third kappa shape index (κ3) is 5.54. The molecule has 5 rings (SSSR count). The normalized spacial score (nSPS) is 14.2. The van der Waals surface area contributed by atoms with Crippen molar-refractivity contribution >= 4 is 27.0 Å². The Bertz CT molecular complexity index is 1710. The quantitative estimate of drug-likeness (QED) is 0.339. The Morgan fingerprint density at radius 1 is 1.07 bits per heavy atom. The smallest absolute Gasteiger partial charge is 0.417 e. The number of fused-ring (bicyclic) bond motifs is 2. The van der Waals surface area contributed by atoms with E-state index in [-0.39, 0.29) is 19.7 Å². The Morgan fingerprint density at radius 3 is 2.52 bits per heavy atom. The van der Waals surface area contributed by atoms with Gasteiger partial charge in [-0.2, -0.15) is 13.2 Å². The topological polar surface area (TPSA) is 104 Å². The summed E-state index contributed by atoms with van der Waals surface area (Å²) in [6, 6.07) is 13.2. The molecule has 2 N–H and O–H groups in total. The molecule has 0 saturated heterocycles. The standard InChI is InChI=1S/C28H27F3N4O4S/c1-16(2)34-40(37,38)21-6-7-22(23(14-21)28(29,30)31)27(36)35-10-11-39-26-9-5-18(12-20(26)15-35)19-4-8-24-25(13-19)33-17(3)32-24/h4-9,12-14,16,34H,10-11,15H2,1-3H3,(H,32,33). The Labute approximate surface area is 229 Å². The molecule has 1 amide bonds. The number of nitrogens with zero attached hydrogens (tertiary/aromatic N) is 2. The number of rotatable bonds is 5. The predicted octanol–water partition coefficient (Wildman–Crippen LogP) is 5.28. The molecular formula is C28H27F3N4O4S. The first-order chi connectivity index (χ1) is 18.8. The van der Waals surface area contributed by atoms with Crippen LogP contribution < -0.4 is 9.46 Å². The van der Waals surface area contributed by atoms with E-state index in [1.807, 2.05) is 37.3 Å². The number of carbonyl (C=O) groups is 1. The van der Waals surface area contributed by atoms with Gasteiger partial charge in [-0.15, -0.1) is 0 Å². The summed E-state index contributed by atoms with van der Waals surface area (Å²) < 4.78 is 75.3. The van der Waals surface area contributed by atoms with Crippen LogP contribution in [0.15, 0.2) is 59.5 Å². The average Bonchev–Trinajstić information content (AvgIpc) is 3.12. The number of sulfonamides is 1. The van der Waals surface area contributed by atoms with Gasteiger partial charge in [-0.1, -0.05) is 12.1 Å². The van der Waals surface area contributed by atoms with E-state index < -0.39 is 44.2 Å². The molecule has 0 fully saturated rings. The summed E-state index contributed by atoms with van der Waals surface area (Å²) in [7, 11) is -4.20. The number of imidazole rings is 1. The van der Waals surface area contributed by atoms with Crippen LogP contribution in [0.1, 0.15) is 41.2 Å². The van der Waals surface area contributed by atoms with Crippen LogP contribution in [0.5, 0.6) is 5.75 Å². The molecule has 0 aliphatic carbocycles. The first-order valence-electron chi connectivity index (χ1n) is 12.6.